The largest absolute Gasteiger partial charge is 0.359 e. The van der Waals surface area contributed by atoms with Gasteiger partial charge in [-0.15, -0.1) is 0 Å². The fourth-order valence-corrected chi connectivity index (χ4v) is 5.71. The molecule has 2 bridgehead atoms. The molecule has 4 aliphatic rings. The summed E-state index contributed by atoms with van der Waals surface area (Å²) in [6, 6.07) is 9.51. The van der Waals surface area contributed by atoms with Gasteiger partial charge in [0.1, 0.15) is 0 Å². The van der Waals surface area contributed by atoms with E-state index in [4.69, 9.17) is 4.74 Å². The van der Waals surface area contributed by atoms with Crippen LogP contribution in [-0.4, -0.2) is 35.1 Å². The van der Waals surface area contributed by atoms with Gasteiger partial charge in [0.15, 0.2) is 5.60 Å². The molecule has 4 fully saturated rings. The van der Waals surface area contributed by atoms with Gasteiger partial charge in [0.05, 0.1) is 23.8 Å². The van der Waals surface area contributed by atoms with Crippen molar-refractivity contribution in [2.24, 2.45) is 16.7 Å². The van der Waals surface area contributed by atoms with Crippen LogP contribution < -0.4 is 5.01 Å². The van der Waals surface area contributed by atoms with Crippen LogP contribution in [0.4, 0.5) is 5.69 Å². The second-order valence-electron chi connectivity index (χ2n) is 8.80. The first-order chi connectivity index (χ1) is 11.8. The second kappa shape index (κ2) is 4.44. The van der Waals surface area contributed by atoms with E-state index in [1.165, 1.54) is 0 Å². The average molecular weight is 340 g/mol. The molecule has 0 unspecified atom stereocenters. The smallest absolute Gasteiger partial charge is 0.276 e. The Kier molecular flexibility index (Phi) is 2.73. The molecule has 0 radical (unpaired) electrons. The Balaban J connectivity index is 1.67. The minimum Gasteiger partial charge on any atom is -0.359 e. The van der Waals surface area contributed by atoms with Crippen LogP contribution in [0, 0.1) is 16.7 Å². The summed E-state index contributed by atoms with van der Waals surface area (Å²) < 4.78 is 5.44. The molecule has 2 amide bonds. The lowest BCUT2D eigenvalue weighted by Gasteiger charge is -2.35. The Hall–Kier alpha value is -1.88. The van der Waals surface area contributed by atoms with E-state index < -0.39 is 11.0 Å². The molecule has 2 heterocycles. The molecule has 1 spiro atoms. The van der Waals surface area contributed by atoms with E-state index in [0.29, 0.717) is 12.5 Å². The fraction of sp³-hybridized carbons (Fsp3) is 0.600. The van der Waals surface area contributed by atoms with Crippen molar-refractivity contribution < 1.29 is 14.3 Å². The molecule has 5 heteroatoms. The average Bonchev–Trinajstić information content (AvgIpc) is 3.17. The SMILES string of the molecule is CC1(C)[C@@H]2CC[C@]13C(=O)N(c1ccccc1)N(C(=O)[C@]1(C)CO1)[C@@H]3C2. The van der Waals surface area contributed by atoms with Crippen LogP contribution in [0.5, 0.6) is 0 Å². The van der Waals surface area contributed by atoms with Gasteiger partial charge >= 0.3 is 0 Å². The molecule has 2 saturated heterocycles. The van der Waals surface area contributed by atoms with Crippen LogP contribution in [-0.2, 0) is 14.3 Å². The Morgan fingerprint density at radius 1 is 1.20 bits per heavy atom. The molecule has 2 aliphatic carbocycles. The summed E-state index contributed by atoms with van der Waals surface area (Å²) in [6.45, 7) is 6.70. The van der Waals surface area contributed by atoms with Crippen molar-refractivity contribution in [3.05, 3.63) is 30.3 Å². The predicted molar refractivity (Wildman–Crippen MR) is 92.5 cm³/mol. The molecule has 2 aliphatic heterocycles. The number of carbonyl (C=O) groups excluding carboxylic acids is 2. The third-order valence-corrected chi connectivity index (χ3v) is 7.46. The number of benzene rings is 1. The first kappa shape index (κ1) is 15.4. The number of hydrogen-bond acceptors (Lipinski definition) is 3. The normalized spacial score (nSPS) is 40.5. The minimum atomic E-state index is -0.773. The van der Waals surface area contributed by atoms with Crippen LogP contribution >= 0.6 is 0 Å². The number of nitrogens with zero attached hydrogens (tertiary/aromatic N) is 2. The molecule has 2 saturated carbocycles. The summed E-state index contributed by atoms with van der Waals surface area (Å²) in [6.07, 6.45) is 2.86. The first-order valence-corrected chi connectivity index (χ1v) is 9.20. The van der Waals surface area contributed by atoms with Gasteiger partial charge in [0.2, 0.25) is 0 Å². The Morgan fingerprint density at radius 3 is 2.48 bits per heavy atom. The molecule has 1 aromatic rings. The maximum atomic E-state index is 13.7. The van der Waals surface area contributed by atoms with E-state index in [-0.39, 0.29) is 23.3 Å². The van der Waals surface area contributed by atoms with Crippen molar-refractivity contribution in [2.75, 3.05) is 11.6 Å². The molecule has 5 rings (SSSR count). The van der Waals surface area contributed by atoms with Gasteiger partial charge in [0.25, 0.3) is 11.8 Å². The summed E-state index contributed by atoms with van der Waals surface area (Å²) in [4.78, 5) is 27.0. The van der Waals surface area contributed by atoms with E-state index >= 15 is 0 Å². The summed E-state index contributed by atoms with van der Waals surface area (Å²) in [5, 5.41) is 3.41. The van der Waals surface area contributed by atoms with E-state index in [2.05, 4.69) is 13.8 Å². The van der Waals surface area contributed by atoms with E-state index in [1.54, 1.807) is 10.0 Å². The zero-order valence-electron chi connectivity index (χ0n) is 15.0. The lowest BCUT2D eigenvalue weighted by atomic mass is 9.67. The molecule has 5 nitrogen and oxygen atoms in total. The van der Waals surface area contributed by atoms with Crippen molar-refractivity contribution in [1.82, 2.24) is 5.01 Å². The fourth-order valence-electron chi connectivity index (χ4n) is 5.71. The van der Waals surface area contributed by atoms with Gasteiger partial charge in [-0.3, -0.25) is 9.59 Å². The zero-order valence-corrected chi connectivity index (χ0v) is 15.0. The standard InChI is InChI=1S/C20H24N2O3/c1-18(2)13-9-10-20(18)15(11-13)22(16(23)19(3)12-25-19)21(17(20)24)14-7-5-4-6-8-14/h4-8,13,15H,9-12H2,1-3H3/t13-,15-,19+,20+/m1/s1. The van der Waals surface area contributed by atoms with Gasteiger partial charge in [-0.25, -0.2) is 10.0 Å². The number of para-hydroxylation sites is 1. The highest BCUT2D eigenvalue weighted by Gasteiger charge is 2.76. The van der Waals surface area contributed by atoms with Crippen LogP contribution in [0.25, 0.3) is 0 Å². The van der Waals surface area contributed by atoms with Gasteiger partial charge in [0, 0.05) is 0 Å². The van der Waals surface area contributed by atoms with Crippen LogP contribution in [0.15, 0.2) is 30.3 Å². The van der Waals surface area contributed by atoms with Gasteiger partial charge in [-0.05, 0) is 49.7 Å². The summed E-state index contributed by atoms with van der Waals surface area (Å²) in [5.74, 6) is 0.517. The Labute approximate surface area is 147 Å². The molecular formula is C20H24N2O3. The summed E-state index contributed by atoms with van der Waals surface area (Å²) >= 11 is 0. The van der Waals surface area contributed by atoms with Crippen molar-refractivity contribution in [3.8, 4) is 0 Å². The lowest BCUT2D eigenvalue weighted by Crippen LogP contribution is -2.52. The quantitative estimate of drug-likeness (QED) is 0.778. The Morgan fingerprint density at radius 2 is 1.88 bits per heavy atom. The number of amides is 2. The minimum absolute atomic E-state index is 0.0533. The maximum Gasteiger partial charge on any atom is 0.276 e. The molecule has 0 aromatic heterocycles. The van der Waals surface area contributed by atoms with E-state index in [9.17, 15) is 9.59 Å². The molecule has 1 aromatic carbocycles. The van der Waals surface area contributed by atoms with E-state index in [1.807, 2.05) is 37.3 Å². The molecule has 4 atom stereocenters. The highest BCUT2D eigenvalue weighted by molar-refractivity contribution is 6.06. The number of hydrogen-bond donors (Lipinski definition) is 0. The van der Waals surface area contributed by atoms with E-state index in [0.717, 1.165) is 24.9 Å². The van der Waals surface area contributed by atoms with Crippen molar-refractivity contribution in [2.45, 2.75) is 51.7 Å². The van der Waals surface area contributed by atoms with Crippen LogP contribution in [0.2, 0.25) is 0 Å². The highest BCUT2D eigenvalue weighted by atomic mass is 16.6. The van der Waals surface area contributed by atoms with Crippen LogP contribution in [0.3, 0.4) is 0 Å². The zero-order chi connectivity index (χ0) is 17.6. The molecule has 132 valence electrons. The van der Waals surface area contributed by atoms with Crippen LogP contribution in [0.1, 0.15) is 40.0 Å². The maximum absolute atomic E-state index is 13.7. The highest BCUT2D eigenvalue weighted by Crippen LogP contribution is 2.70. The van der Waals surface area contributed by atoms with Crippen molar-refractivity contribution in [1.29, 1.82) is 0 Å². The van der Waals surface area contributed by atoms with Crippen molar-refractivity contribution in [3.63, 3.8) is 0 Å². The summed E-state index contributed by atoms with van der Waals surface area (Å²) in [5.41, 5.74) is -0.547. The number of rotatable bonds is 2. The second-order valence-corrected chi connectivity index (χ2v) is 8.80. The van der Waals surface area contributed by atoms with Gasteiger partial charge < -0.3 is 4.74 Å². The third kappa shape index (κ3) is 1.63. The predicted octanol–water partition coefficient (Wildman–Crippen LogP) is 2.76. The molecular weight excluding hydrogens is 316 g/mol. The number of fused-ring (bicyclic) bond motifs is 1. The molecule has 0 N–H and O–H groups in total. The van der Waals surface area contributed by atoms with Gasteiger partial charge in [-0.2, -0.15) is 0 Å². The first-order valence-electron chi connectivity index (χ1n) is 9.20. The molecule has 25 heavy (non-hydrogen) atoms. The summed E-state index contributed by atoms with van der Waals surface area (Å²) in [7, 11) is 0. The van der Waals surface area contributed by atoms with Gasteiger partial charge in [-0.1, -0.05) is 32.0 Å². The lowest BCUT2D eigenvalue weighted by molar-refractivity contribution is -0.139. The number of carbonyl (C=O) groups is 2. The number of ether oxygens (including phenoxy) is 1. The topological polar surface area (TPSA) is 53.2 Å². The third-order valence-electron chi connectivity index (χ3n) is 7.46. The number of anilines is 1. The number of hydrazine groups is 1. The number of epoxide rings is 1. The monoisotopic (exact) mass is 340 g/mol. The Bertz CT molecular complexity index is 770. The van der Waals surface area contributed by atoms with Crippen molar-refractivity contribution >= 4 is 17.5 Å².